The third kappa shape index (κ3) is 5.39. The first-order valence-electron chi connectivity index (χ1n) is 10.0. The summed E-state index contributed by atoms with van der Waals surface area (Å²) in [5.74, 6) is 0.0863. The van der Waals surface area contributed by atoms with Gasteiger partial charge < -0.3 is 10.1 Å². The quantitative estimate of drug-likeness (QED) is 0.461. The molecule has 2 heterocycles. The first kappa shape index (κ1) is 21.4. The third-order valence-electron chi connectivity index (χ3n) is 5.00. The van der Waals surface area contributed by atoms with Crippen molar-refractivity contribution in [2.75, 3.05) is 19.0 Å². The average molecular weight is 402 g/mol. The van der Waals surface area contributed by atoms with Crippen LogP contribution in [0.3, 0.4) is 0 Å². The van der Waals surface area contributed by atoms with Crippen LogP contribution in [0.1, 0.15) is 52.1 Å². The summed E-state index contributed by atoms with van der Waals surface area (Å²) in [6.45, 7) is 2.43. The van der Waals surface area contributed by atoms with Gasteiger partial charge in [-0.05, 0) is 49.1 Å². The summed E-state index contributed by atoms with van der Waals surface area (Å²) in [5, 5.41) is 3.06. The summed E-state index contributed by atoms with van der Waals surface area (Å²) >= 11 is 0. The Morgan fingerprint density at radius 3 is 2.53 bits per heavy atom. The van der Waals surface area contributed by atoms with Gasteiger partial charge in [-0.2, -0.15) is 0 Å². The molecule has 0 saturated carbocycles. The van der Waals surface area contributed by atoms with Crippen LogP contribution >= 0.6 is 0 Å². The molecule has 30 heavy (non-hydrogen) atoms. The molecule has 5 nitrogen and oxygen atoms in total. The molecule has 1 aliphatic heterocycles. The van der Waals surface area contributed by atoms with Crippen molar-refractivity contribution in [3.8, 4) is 11.1 Å². The number of nitrogens with one attached hydrogen (secondary N) is 1. The van der Waals surface area contributed by atoms with Gasteiger partial charge in [0, 0.05) is 48.4 Å². The van der Waals surface area contributed by atoms with Gasteiger partial charge in [-0.15, -0.1) is 0 Å². The second-order valence-electron chi connectivity index (χ2n) is 7.10. The number of hydrogen-bond donors (Lipinski definition) is 1. The highest BCUT2D eigenvalue weighted by molar-refractivity contribution is 5.99. The number of Topliss-reactive ketones (excluding diaryl/α,β-unsaturated/α-hetero) is 1. The van der Waals surface area contributed by atoms with Crippen molar-refractivity contribution >= 4 is 17.8 Å². The van der Waals surface area contributed by atoms with Crippen LogP contribution in [-0.2, 0) is 4.74 Å². The Kier molecular flexibility index (Phi) is 7.46. The van der Waals surface area contributed by atoms with Crippen molar-refractivity contribution in [3.63, 3.8) is 0 Å². The van der Waals surface area contributed by atoms with Gasteiger partial charge >= 0.3 is 0 Å². The smallest absolute Gasteiger partial charge is 0.161 e. The highest BCUT2D eigenvalue weighted by atomic mass is 16.5. The number of pyridine rings is 1. The summed E-state index contributed by atoms with van der Waals surface area (Å²) in [5.41, 5.74) is 5.43. The fraction of sp³-hybridized carbons (Fsp3) is 0.240. The van der Waals surface area contributed by atoms with Gasteiger partial charge in [0.2, 0.25) is 0 Å². The maximum atomic E-state index is 11.4. The maximum absolute atomic E-state index is 11.4. The molecule has 1 fully saturated rings. The van der Waals surface area contributed by atoms with E-state index in [9.17, 15) is 9.59 Å². The molecule has 1 saturated heterocycles. The lowest BCUT2D eigenvalue weighted by Gasteiger charge is -2.13. The number of hydrogen-bond acceptors (Lipinski definition) is 5. The van der Waals surface area contributed by atoms with Crippen LogP contribution in [0.4, 0.5) is 5.69 Å². The van der Waals surface area contributed by atoms with E-state index in [4.69, 9.17) is 4.74 Å². The van der Waals surface area contributed by atoms with Gasteiger partial charge in [-0.25, -0.2) is 0 Å². The Labute approximate surface area is 177 Å². The van der Waals surface area contributed by atoms with E-state index in [0.717, 1.165) is 53.7 Å². The predicted octanol–water partition coefficient (Wildman–Crippen LogP) is 5.34. The monoisotopic (exact) mass is 402 g/mol. The predicted molar refractivity (Wildman–Crippen MR) is 119 cm³/mol. The third-order valence-corrected chi connectivity index (χ3v) is 5.00. The average Bonchev–Trinajstić information content (AvgIpc) is 3.34. The molecule has 1 unspecified atom stereocenters. The van der Waals surface area contributed by atoms with Gasteiger partial charge in [0.15, 0.2) is 12.1 Å². The van der Waals surface area contributed by atoms with E-state index < -0.39 is 0 Å². The molecule has 0 aliphatic carbocycles. The molecule has 0 radical (unpaired) electrons. The second kappa shape index (κ2) is 10.5. The van der Waals surface area contributed by atoms with Crippen LogP contribution in [0.15, 0.2) is 67.0 Å². The lowest BCUT2D eigenvalue weighted by Crippen LogP contribution is -2.03. The van der Waals surface area contributed by atoms with E-state index in [2.05, 4.69) is 10.3 Å². The van der Waals surface area contributed by atoms with E-state index in [-0.39, 0.29) is 11.9 Å². The zero-order valence-corrected chi connectivity index (χ0v) is 17.3. The van der Waals surface area contributed by atoms with E-state index in [1.54, 1.807) is 19.3 Å². The van der Waals surface area contributed by atoms with Crippen molar-refractivity contribution in [2.24, 2.45) is 0 Å². The van der Waals surface area contributed by atoms with E-state index >= 15 is 0 Å². The number of anilines is 1. The Hall–Kier alpha value is -3.31. The van der Waals surface area contributed by atoms with E-state index in [1.165, 1.54) is 0 Å². The number of ether oxygens (including phenoxy) is 1. The second-order valence-corrected chi connectivity index (χ2v) is 7.10. The van der Waals surface area contributed by atoms with E-state index in [1.807, 2.05) is 61.6 Å². The zero-order chi connectivity index (χ0) is 21.3. The Balaban J connectivity index is 0.000000172. The van der Waals surface area contributed by atoms with Gasteiger partial charge in [0.25, 0.3) is 0 Å². The zero-order valence-electron chi connectivity index (χ0n) is 17.3. The molecule has 1 atom stereocenters. The fourth-order valence-corrected chi connectivity index (χ4v) is 3.43. The Morgan fingerprint density at radius 1 is 1.10 bits per heavy atom. The van der Waals surface area contributed by atoms with Crippen LogP contribution in [0, 0.1) is 0 Å². The van der Waals surface area contributed by atoms with Crippen LogP contribution in [-0.4, -0.2) is 30.7 Å². The Morgan fingerprint density at radius 2 is 1.90 bits per heavy atom. The van der Waals surface area contributed by atoms with E-state index in [0.29, 0.717) is 5.56 Å². The van der Waals surface area contributed by atoms with Crippen molar-refractivity contribution in [1.82, 2.24) is 4.98 Å². The molecule has 0 bridgehead atoms. The maximum Gasteiger partial charge on any atom is 0.161 e. The standard InChI is InChI=1S/C13H17NO2.C12H9NO/c1-9(15)11-6-5-10(8-12(11)14-2)13-4-3-7-16-13;14-9-10-6-12(8-13-7-10)11-4-2-1-3-5-11/h5-6,8,13-14H,3-4,7H2,1-2H3;1-9H. The minimum atomic E-state index is 0.0863. The van der Waals surface area contributed by atoms with Crippen LogP contribution in [0.25, 0.3) is 11.1 Å². The van der Waals surface area contributed by atoms with Gasteiger partial charge in [-0.1, -0.05) is 36.4 Å². The molecule has 1 aromatic heterocycles. The number of rotatable bonds is 5. The van der Waals surface area contributed by atoms with Crippen LogP contribution in [0.2, 0.25) is 0 Å². The van der Waals surface area contributed by atoms with Crippen molar-refractivity contribution in [1.29, 1.82) is 0 Å². The molecule has 2 aromatic carbocycles. The number of carbonyl (C=O) groups is 2. The molecule has 1 N–H and O–H groups in total. The summed E-state index contributed by atoms with van der Waals surface area (Å²) in [7, 11) is 1.83. The number of carbonyl (C=O) groups excluding carboxylic acids is 2. The fourth-order valence-electron chi connectivity index (χ4n) is 3.43. The molecule has 154 valence electrons. The first-order chi connectivity index (χ1) is 14.6. The molecule has 1 aliphatic rings. The normalized spacial score (nSPS) is 15.1. The minimum absolute atomic E-state index is 0.0863. The number of nitrogens with zero attached hydrogens (tertiary/aromatic N) is 1. The molecular weight excluding hydrogens is 376 g/mol. The number of aldehydes is 1. The van der Waals surface area contributed by atoms with Crippen molar-refractivity contribution < 1.29 is 14.3 Å². The van der Waals surface area contributed by atoms with Crippen LogP contribution in [0.5, 0.6) is 0 Å². The van der Waals surface area contributed by atoms with Crippen molar-refractivity contribution in [3.05, 3.63) is 83.7 Å². The topological polar surface area (TPSA) is 68.3 Å². The lowest BCUT2D eigenvalue weighted by atomic mass is 10.0. The van der Waals surface area contributed by atoms with Crippen molar-refractivity contribution in [2.45, 2.75) is 25.9 Å². The summed E-state index contributed by atoms with van der Waals surface area (Å²) < 4.78 is 5.63. The largest absolute Gasteiger partial charge is 0.388 e. The SMILES string of the molecule is CNc1cc(C2CCCO2)ccc1C(C)=O.O=Cc1cncc(-c2ccccc2)c1. The Bertz CT molecular complexity index is 996. The summed E-state index contributed by atoms with van der Waals surface area (Å²) in [6, 6.07) is 17.6. The number of ketones is 1. The van der Waals surface area contributed by atoms with Gasteiger partial charge in [0.05, 0.1) is 6.10 Å². The number of benzene rings is 2. The molecule has 0 amide bonds. The molecule has 3 aromatic rings. The summed E-state index contributed by atoms with van der Waals surface area (Å²) in [6.07, 6.45) is 6.51. The number of aromatic nitrogens is 1. The molecule has 5 heteroatoms. The minimum Gasteiger partial charge on any atom is -0.388 e. The first-order valence-corrected chi connectivity index (χ1v) is 10.0. The highest BCUT2D eigenvalue weighted by Crippen LogP contribution is 2.31. The van der Waals surface area contributed by atoms with Gasteiger partial charge in [-0.3, -0.25) is 14.6 Å². The molecule has 4 rings (SSSR count). The molecule has 0 spiro atoms. The van der Waals surface area contributed by atoms with Crippen LogP contribution < -0.4 is 5.32 Å². The van der Waals surface area contributed by atoms with Gasteiger partial charge in [0.1, 0.15) is 0 Å². The lowest BCUT2D eigenvalue weighted by molar-refractivity contribution is 0.101. The highest BCUT2D eigenvalue weighted by Gasteiger charge is 2.19. The molecular formula is C25H26N2O3. The summed E-state index contributed by atoms with van der Waals surface area (Å²) in [4.78, 5) is 25.9.